The van der Waals surface area contributed by atoms with Gasteiger partial charge in [-0.1, -0.05) is 57.5 Å². The molecule has 1 saturated heterocycles. The highest BCUT2D eigenvalue weighted by Gasteiger charge is 2.35. The van der Waals surface area contributed by atoms with E-state index in [1.165, 1.54) is 0 Å². The van der Waals surface area contributed by atoms with Crippen molar-refractivity contribution in [2.75, 3.05) is 6.54 Å². The fraction of sp³-hybridized carbons (Fsp3) is 0.500. The van der Waals surface area contributed by atoms with Gasteiger partial charge < -0.3 is 20.7 Å². The third-order valence-electron chi connectivity index (χ3n) is 6.86. The van der Waals surface area contributed by atoms with E-state index in [0.29, 0.717) is 38.1 Å². The molecular weight excluding hydrogens is 466 g/mol. The molecule has 0 aliphatic carbocycles. The summed E-state index contributed by atoms with van der Waals surface area (Å²) < 4.78 is 5.95. The van der Waals surface area contributed by atoms with Crippen LogP contribution in [0.4, 0.5) is 0 Å². The average molecular weight is 508 g/mol. The van der Waals surface area contributed by atoms with E-state index >= 15 is 0 Å². The Labute approximate surface area is 220 Å². The fourth-order valence-electron chi connectivity index (χ4n) is 5.04. The summed E-state index contributed by atoms with van der Waals surface area (Å²) >= 11 is 0. The second kappa shape index (κ2) is 13.8. The van der Waals surface area contributed by atoms with Crippen molar-refractivity contribution < 1.29 is 19.1 Å². The third kappa shape index (κ3) is 8.34. The molecule has 7 nitrogen and oxygen atoms in total. The van der Waals surface area contributed by atoms with Crippen LogP contribution < -0.4 is 15.8 Å². The summed E-state index contributed by atoms with van der Waals surface area (Å²) in [7, 11) is 0. The van der Waals surface area contributed by atoms with E-state index in [-0.39, 0.29) is 17.7 Å². The lowest BCUT2D eigenvalue weighted by Gasteiger charge is -2.29. The predicted molar refractivity (Wildman–Crippen MR) is 145 cm³/mol. The molecule has 3 rings (SSSR count). The van der Waals surface area contributed by atoms with Gasteiger partial charge in [-0.25, -0.2) is 0 Å². The quantitative estimate of drug-likeness (QED) is 0.420. The summed E-state index contributed by atoms with van der Waals surface area (Å²) in [6.45, 7) is 7.09. The number of carbonyl (C=O) groups is 3. The molecule has 0 bridgehead atoms. The zero-order valence-corrected chi connectivity index (χ0v) is 22.3. The second-order valence-electron chi connectivity index (χ2n) is 10.4. The Hall–Kier alpha value is -3.35. The molecule has 3 amide bonds. The molecule has 2 aromatic carbocycles. The molecule has 7 heteroatoms. The first kappa shape index (κ1) is 28.2. The highest BCUT2D eigenvalue weighted by molar-refractivity contribution is 5.91. The number of ether oxygens (including phenoxy) is 1. The van der Waals surface area contributed by atoms with Gasteiger partial charge in [0.25, 0.3) is 0 Å². The Kier molecular flexibility index (Phi) is 10.5. The lowest BCUT2D eigenvalue weighted by molar-refractivity contribution is -0.139. The van der Waals surface area contributed by atoms with Gasteiger partial charge in [-0.2, -0.15) is 0 Å². The first-order valence-electron chi connectivity index (χ1n) is 13.5. The number of primary amides is 1. The van der Waals surface area contributed by atoms with Crippen molar-refractivity contribution in [3.63, 3.8) is 0 Å². The van der Waals surface area contributed by atoms with Gasteiger partial charge in [-0.3, -0.25) is 14.4 Å². The maximum Gasteiger partial charge on any atom is 0.245 e. The molecule has 3 N–H and O–H groups in total. The summed E-state index contributed by atoms with van der Waals surface area (Å²) in [5.41, 5.74) is 6.67. The highest BCUT2D eigenvalue weighted by Crippen LogP contribution is 2.27. The van der Waals surface area contributed by atoms with Crippen LogP contribution in [0.2, 0.25) is 0 Å². The molecule has 0 saturated carbocycles. The number of nitrogens with zero attached hydrogens (tertiary/aromatic N) is 1. The Morgan fingerprint density at radius 3 is 2.46 bits per heavy atom. The lowest BCUT2D eigenvalue weighted by Crippen LogP contribution is -2.50. The molecule has 0 spiro atoms. The monoisotopic (exact) mass is 507 g/mol. The van der Waals surface area contributed by atoms with Crippen LogP contribution in [0.5, 0.6) is 11.5 Å². The number of carbonyl (C=O) groups excluding carboxylic acids is 3. The van der Waals surface area contributed by atoms with Crippen molar-refractivity contribution in [3.8, 4) is 11.5 Å². The maximum absolute atomic E-state index is 13.5. The largest absolute Gasteiger partial charge is 0.457 e. The van der Waals surface area contributed by atoms with Crippen molar-refractivity contribution in [2.45, 2.75) is 71.9 Å². The number of hydrogen-bond acceptors (Lipinski definition) is 4. The number of nitrogens with one attached hydrogen (secondary N) is 1. The summed E-state index contributed by atoms with van der Waals surface area (Å²) in [5, 5.41) is 3.00. The van der Waals surface area contributed by atoms with Crippen LogP contribution in [0.15, 0.2) is 54.6 Å². The van der Waals surface area contributed by atoms with Crippen molar-refractivity contribution in [3.05, 3.63) is 60.2 Å². The first-order chi connectivity index (χ1) is 17.8. The van der Waals surface area contributed by atoms with E-state index in [2.05, 4.69) is 5.32 Å². The Balaban J connectivity index is 1.70. The van der Waals surface area contributed by atoms with Gasteiger partial charge in [0.15, 0.2) is 0 Å². The van der Waals surface area contributed by atoms with E-state index in [0.717, 1.165) is 30.6 Å². The van der Waals surface area contributed by atoms with Crippen LogP contribution in [0, 0.1) is 17.8 Å². The van der Waals surface area contributed by atoms with Gasteiger partial charge in [0, 0.05) is 24.9 Å². The average Bonchev–Trinajstić information content (AvgIpc) is 3.03. The fourth-order valence-corrected chi connectivity index (χ4v) is 5.04. The van der Waals surface area contributed by atoms with Crippen molar-refractivity contribution in [2.24, 2.45) is 23.5 Å². The minimum Gasteiger partial charge on any atom is -0.457 e. The lowest BCUT2D eigenvalue weighted by atomic mass is 9.81. The minimum absolute atomic E-state index is 0.0880. The van der Waals surface area contributed by atoms with Gasteiger partial charge in [0.05, 0.1) is 0 Å². The summed E-state index contributed by atoms with van der Waals surface area (Å²) in [4.78, 5) is 40.9. The molecule has 2 aromatic rings. The zero-order valence-electron chi connectivity index (χ0n) is 22.3. The van der Waals surface area contributed by atoms with Gasteiger partial charge in [-0.05, 0) is 67.9 Å². The molecule has 0 unspecified atom stereocenters. The molecule has 1 aliphatic rings. The number of para-hydroxylation sites is 1. The van der Waals surface area contributed by atoms with E-state index < -0.39 is 23.8 Å². The smallest absolute Gasteiger partial charge is 0.245 e. The van der Waals surface area contributed by atoms with E-state index in [4.69, 9.17) is 10.5 Å². The number of amides is 3. The topological polar surface area (TPSA) is 102 Å². The summed E-state index contributed by atoms with van der Waals surface area (Å²) in [6, 6.07) is 16.7. The van der Waals surface area contributed by atoms with Gasteiger partial charge in [0.2, 0.25) is 17.7 Å². The number of nitrogens with two attached hydrogens (primary N) is 1. The Bertz CT molecular complexity index is 1040. The Morgan fingerprint density at radius 1 is 1.05 bits per heavy atom. The molecular formula is C30H41N3O4. The second-order valence-corrected chi connectivity index (χ2v) is 10.4. The normalized spacial score (nSPS) is 17.7. The van der Waals surface area contributed by atoms with E-state index in [1.54, 1.807) is 0 Å². The van der Waals surface area contributed by atoms with Crippen LogP contribution in [0.1, 0.15) is 64.9 Å². The Morgan fingerprint density at radius 2 is 1.78 bits per heavy atom. The van der Waals surface area contributed by atoms with Crippen LogP contribution >= 0.6 is 0 Å². The van der Waals surface area contributed by atoms with Crippen molar-refractivity contribution in [1.82, 2.24) is 10.2 Å². The van der Waals surface area contributed by atoms with Crippen molar-refractivity contribution in [1.29, 1.82) is 0 Å². The molecule has 1 aliphatic heterocycles. The van der Waals surface area contributed by atoms with Crippen LogP contribution in [0.3, 0.4) is 0 Å². The SMILES string of the molecule is CCC[C@@H](C(=O)N[C@H]1CCCCN(Cc2cccc(Oc3ccccc3)c2)C1=O)[C@H](CC(C)C)C(N)=O. The first-order valence-corrected chi connectivity index (χ1v) is 13.5. The van der Waals surface area contributed by atoms with E-state index in [1.807, 2.05) is 80.3 Å². The molecule has 1 heterocycles. The maximum atomic E-state index is 13.5. The number of rotatable bonds is 12. The number of hydrogen-bond donors (Lipinski definition) is 2. The molecule has 200 valence electrons. The summed E-state index contributed by atoms with van der Waals surface area (Å²) in [5.74, 6) is -0.150. The van der Waals surface area contributed by atoms with Crippen LogP contribution in [0.25, 0.3) is 0 Å². The standard InChI is InChI=1S/C30H41N3O4/c1-4-11-25(26(28(31)34)18-21(2)3)29(35)32-27-16-8-9-17-33(30(27)36)20-22-12-10-15-24(19-22)37-23-13-6-5-7-14-23/h5-7,10,12-15,19,21,25-27H,4,8-9,11,16-18,20H2,1-3H3,(H2,31,34)(H,32,35)/t25-,26+,27+/m1/s1. The molecule has 37 heavy (non-hydrogen) atoms. The van der Waals surface area contributed by atoms with Crippen molar-refractivity contribution >= 4 is 17.7 Å². The van der Waals surface area contributed by atoms with Gasteiger partial charge in [0.1, 0.15) is 17.5 Å². The third-order valence-corrected chi connectivity index (χ3v) is 6.86. The van der Waals surface area contributed by atoms with E-state index in [9.17, 15) is 14.4 Å². The van der Waals surface area contributed by atoms with Gasteiger partial charge >= 0.3 is 0 Å². The van der Waals surface area contributed by atoms with Crippen LogP contribution in [-0.4, -0.2) is 35.2 Å². The minimum atomic E-state index is -0.606. The van der Waals surface area contributed by atoms with Gasteiger partial charge in [-0.15, -0.1) is 0 Å². The number of benzene rings is 2. The molecule has 1 fully saturated rings. The molecule has 0 aromatic heterocycles. The zero-order chi connectivity index (χ0) is 26.8. The highest BCUT2D eigenvalue weighted by atomic mass is 16.5. The predicted octanol–water partition coefficient (Wildman–Crippen LogP) is 5.04. The number of likely N-dealkylation sites (tertiary alicyclic amines) is 1. The summed E-state index contributed by atoms with van der Waals surface area (Å²) in [6.07, 6.45) is 4.17. The van der Waals surface area contributed by atoms with Crippen LogP contribution in [-0.2, 0) is 20.9 Å². The molecule has 3 atom stereocenters. The molecule has 0 radical (unpaired) electrons.